The molecule has 3 aromatic rings. The van der Waals surface area contributed by atoms with Gasteiger partial charge in [-0.15, -0.1) is 0 Å². The summed E-state index contributed by atoms with van der Waals surface area (Å²) in [7, 11) is -0.715. The van der Waals surface area contributed by atoms with E-state index in [9.17, 15) is 0 Å². The average Bonchev–Trinajstić information content (AvgIpc) is 3.22. The minimum absolute atomic E-state index is 0.237. The molecule has 0 N–H and O–H groups in total. The molecular formula is C26H28NOP. The lowest BCUT2D eigenvalue weighted by Crippen LogP contribution is -2.27. The van der Waals surface area contributed by atoms with Crippen molar-refractivity contribution < 1.29 is 4.74 Å². The zero-order valence-corrected chi connectivity index (χ0v) is 18.5. The number of benzene rings is 3. The van der Waals surface area contributed by atoms with E-state index in [1.165, 1.54) is 27.0 Å². The molecule has 1 aliphatic rings. The molecule has 1 atom stereocenters. The quantitative estimate of drug-likeness (QED) is 0.560. The van der Waals surface area contributed by atoms with Gasteiger partial charge in [0.2, 0.25) is 5.90 Å². The third-order valence-corrected chi connectivity index (χ3v) is 8.37. The molecule has 0 fully saturated rings. The lowest BCUT2D eigenvalue weighted by molar-refractivity contribution is 0.292. The molecule has 0 radical (unpaired) electrons. The largest absolute Gasteiger partial charge is 0.475 e. The van der Waals surface area contributed by atoms with E-state index in [4.69, 9.17) is 9.73 Å². The van der Waals surface area contributed by atoms with E-state index in [0.717, 1.165) is 11.5 Å². The molecule has 3 aromatic carbocycles. The minimum atomic E-state index is -0.715. The number of aliphatic imine (C=N–C) groups is 1. The molecule has 4 rings (SSSR count). The Morgan fingerprint density at radius 1 is 0.793 bits per heavy atom. The molecule has 0 unspecified atom stereocenters. The van der Waals surface area contributed by atoms with Crippen LogP contribution in [-0.2, 0) is 4.74 Å². The Morgan fingerprint density at radius 3 is 1.83 bits per heavy atom. The molecule has 3 heteroatoms. The first-order valence-electron chi connectivity index (χ1n) is 10.3. The Hall–Kier alpha value is -2.44. The van der Waals surface area contributed by atoms with Gasteiger partial charge in [0.1, 0.15) is 6.61 Å². The van der Waals surface area contributed by atoms with E-state index < -0.39 is 7.92 Å². The Morgan fingerprint density at radius 2 is 1.31 bits per heavy atom. The van der Waals surface area contributed by atoms with Crippen molar-refractivity contribution in [1.29, 1.82) is 0 Å². The van der Waals surface area contributed by atoms with Crippen molar-refractivity contribution in [2.75, 3.05) is 6.61 Å². The van der Waals surface area contributed by atoms with E-state index in [1.807, 2.05) is 0 Å². The standard InChI is InChI=1S/C26H28NOP/c1-18(2)22-17-28-26(27-22)21-13-7-10-16-25(21)29(23-14-8-5-11-19(23)3)24-15-9-6-12-20(24)4/h5-16,18,22H,17H2,1-4H3/t22-/m1/s1. The molecule has 0 bridgehead atoms. The van der Waals surface area contributed by atoms with Crippen LogP contribution in [0.4, 0.5) is 0 Å². The Balaban J connectivity index is 1.91. The van der Waals surface area contributed by atoms with Gasteiger partial charge in [0.15, 0.2) is 0 Å². The molecule has 0 spiro atoms. The SMILES string of the molecule is Cc1ccccc1P(c1ccccc1C)c1ccccc1C1=N[C@@H](C(C)C)CO1. The Kier molecular flexibility index (Phi) is 5.83. The summed E-state index contributed by atoms with van der Waals surface area (Å²) in [4.78, 5) is 4.94. The number of hydrogen-bond donors (Lipinski definition) is 0. The average molecular weight is 401 g/mol. The first-order chi connectivity index (χ1) is 14.1. The molecule has 0 aliphatic carbocycles. The zero-order chi connectivity index (χ0) is 20.4. The van der Waals surface area contributed by atoms with Crippen LogP contribution in [0.1, 0.15) is 30.5 Å². The van der Waals surface area contributed by atoms with Crippen molar-refractivity contribution in [2.24, 2.45) is 10.9 Å². The van der Waals surface area contributed by atoms with Gasteiger partial charge in [0.05, 0.1) is 6.04 Å². The fraction of sp³-hybridized carbons (Fsp3) is 0.269. The molecule has 2 nitrogen and oxygen atoms in total. The summed E-state index contributed by atoms with van der Waals surface area (Å²) in [5, 5.41) is 4.10. The van der Waals surface area contributed by atoms with Crippen molar-refractivity contribution in [3.05, 3.63) is 89.5 Å². The first kappa shape index (κ1) is 19.9. The summed E-state index contributed by atoms with van der Waals surface area (Å²) >= 11 is 0. The lowest BCUT2D eigenvalue weighted by atomic mass is 10.1. The number of hydrogen-bond acceptors (Lipinski definition) is 2. The van der Waals surface area contributed by atoms with Crippen molar-refractivity contribution in [3.63, 3.8) is 0 Å². The smallest absolute Gasteiger partial charge is 0.217 e. The van der Waals surface area contributed by atoms with Gasteiger partial charge in [-0.3, -0.25) is 0 Å². The molecule has 0 saturated heterocycles. The second-order valence-electron chi connectivity index (χ2n) is 7.98. The third-order valence-electron chi connectivity index (χ3n) is 5.53. The van der Waals surface area contributed by atoms with Gasteiger partial charge in [-0.2, -0.15) is 0 Å². The maximum absolute atomic E-state index is 6.10. The maximum atomic E-state index is 6.10. The molecule has 0 amide bonds. The normalized spacial score (nSPS) is 16.2. The number of nitrogens with zero attached hydrogens (tertiary/aromatic N) is 1. The summed E-state index contributed by atoms with van der Waals surface area (Å²) in [6, 6.07) is 26.4. The highest BCUT2D eigenvalue weighted by molar-refractivity contribution is 7.80. The van der Waals surface area contributed by atoms with Crippen LogP contribution in [0.2, 0.25) is 0 Å². The van der Waals surface area contributed by atoms with E-state index in [-0.39, 0.29) is 6.04 Å². The van der Waals surface area contributed by atoms with Gasteiger partial charge in [-0.05, 0) is 60.8 Å². The highest BCUT2D eigenvalue weighted by atomic mass is 31.1. The second-order valence-corrected chi connectivity index (χ2v) is 10.1. The van der Waals surface area contributed by atoms with Crippen LogP contribution in [0, 0.1) is 19.8 Å². The van der Waals surface area contributed by atoms with Gasteiger partial charge < -0.3 is 4.74 Å². The Labute approximate surface area is 175 Å². The van der Waals surface area contributed by atoms with Crippen LogP contribution in [0.15, 0.2) is 77.8 Å². The van der Waals surface area contributed by atoms with Crippen LogP contribution < -0.4 is 15.9 Å². The van der Waals surface area contributed by atoms with Gasteiger partial charge in [-0.1, -0.05) is 80.6 Å². The fourth-order valence-corrected chi connectivity index (χ4v) is 6.50. The van der Waals surface area contributed by atoms with Crippen molar-refractivity contribution in [2.45, 2.75) is 33.7 Å². The highest BCUT2D eigenvalue weighted by Gasteiger charge is 2.28. The van der Waals surface area contributed by atoms with Crippen molar-refractivity contribution >= 4 is 29.7 Å². The number of aryl methyl sites for hydroxylation is 2. The van der Waals surface area contributed by atoms with Crippen LogP contribution >= 0.6 is 7.92 Å². The highest BCUT2D eigenvalue weighted by Crippen LogP contribution is 2.37. The van der Waals surface area contributed by atoms with E-state index in [0.29, 0.717) is 12.5 Å². The van der Waals surface area contributed by atoms with Crippen LogP contribution in [-0.4, -0.2) is 18.5 Å². The summed E-state index contributed by atoms with van der Waals surface area (Å²) in [6.07, 6.45) is 0. The van der Waals surface area contributed by atoms with Crippen LogP contribution in [0.3, 0.4) is 0 Å². The third kappa shape index (κ3) is 4.00. The molecule has 1 heterocycles. The fourth-order valence-electron chi connectivity index (χ4n) is 3.75. The van der Waals surface area contributed by atoms with Crippen LogP contribution in [0.25, 0.3) is 0 Å². The van der Waals surface area contributed by atoms with Gasteiger partial charge in [0, 0.05) is 5.56 Å². The predicted octanol–water partition coefficient (Wildman–Crippen LogP) is 4.86. The minimum Gasteiger partial charge on any atom is -0.475 e. The summed E-state index contributed by atoms with van der Waals surface area (Å²) in [5.41, 5.74) is 3.78. The van der Waals surface area contributed by atoms with Crippen LogP contribution in [0.5, 0.6) is 0 Å². The molecule has 148 valence electrons. The topological polar surface area (TPSA) is 21.6 Å². The van der Waals surface area contributed by atoms with Gasteiger partial charge in [-0.25, -0.2) is 4.99 Å². The first-order valence-corrected chi connectivity index (χ1v) is 11.6. The Bertz CT molecular complexity index is 995. The lowest BCUT2D eigenvalue weighted by Gasteiger charge is -2.25. The molecule has 29 heavy (non-hydrogen) atoms. The molecular weight excluding hydrogens is 373 g/mol. The number of rotatable bonds is 5. The zero-order valence-electron chi connectivity index (χ0n) is 17.6. The van der Waals surface area contributed by atoms with E-state index in [2.05, 4.69) is 100 Å². The van der Waals surface area contributed by atoms with Crippen molar-refractivity contribution in [3.8, 4) is 0 Å². The predicted molar refractivity (Wildman–Crippen MR) is 126 cm³/mol. The van der Waals surface area contributed by atoms with Gasteiger partial charge >= 0.3 is 0 Å². The molecule has 0 saturated carbocycles. The van der Waals surface area contributed by atoms with E-state index in [1.54, 1.807) is 0 Å². The molecule has 0 aromatic heterocycles. The van der Waals surface area contributed by atoms with E-state index >= 15 is 0 Å². The second kappa shape index (κ2) is 8.51. The summed E-state index contributed by atoms with van der Waals surface area (Å²) < 4.78 is 6.10. The van der Waals surface area contributed by atoms with Gasteiger partial charge in [0.25, 0.3) is 0 Å². The summed E-state index contributed by atoms with van der Waals surface area (Å²) in [5.74, 6) is 1.28. The maximum Gasteiger partial charge on any atom is 0.217 e. The number of ether oxygens (including phenoxy) is 1. The summed E-state index contributed by atoms with van der Waals surface area (Å²) in [6.45, 7) is 9.52. The van der Waals surface area contributed by atoms with Crippen molar-refractivity contribution in [1.82, 2.24) is 0 Å². The monoisotopic (exact) mass is 401 g/mol. The molecule has 1 aliphatic heterocycles.